The minimum absolute atomic E-state index is 0.618. The fourth-order valence-electron chi connectivity index (χ4n) is 2.35. The molecule has 0 saturated carbocycles. The van der Waals surface area contributed by atoms with Crippen molar-refractivity contribution in [2.75, 3.05) is 19.5 Å². The second-order valence-corrected chi connectivity index (χ2v) is 7.83. The average Bonchev–Trinajstić information content (AvgIpc) is 2.70. The zero-order valence-electron chi connectivity index (χ0n) is 15.4. The molecule has 3 aromatic rings. The van der Waals surface area contributed by atoms with Crippen molar-refractivity contribution >= 4 is 23.5 Å². The van der Waals surface area contributed by atoms with Gasteiger partial charge in [0.2, 0.25) is 0 Å². The molecule has 0 spiro atoms. The largest absolute Gasteiger partial charge is 0.497 e. The molecule has 27 heavy (non-hydrogen) atoms. The third-order valence-electron chi connectivity index (χ3n) is 3.68. The van der Waals surface area contributed by atoms with Crippen molar-refractivity contribution in [1.29, 1.82) is 0 Å². The van der Waals surface area contributed by atoms with Gasteiger partial charge in [-0.05, 0) is 42.8 Å². The van der Waals surface area contributed by atoms with Gasteiger partial charge in [-0.1, -0.05) is 42.1 Å². The van der Waals surface area contributed by atoms with Crippen LogP contribution < -0.4 is 9.47 Å². The van der Waals surface area contributed by atoms with Gasteiger partial charge in [-0.25, -0.2) is 9.97 Å². The predicted octanol–water partition coefficient (Wildman–Crippen LogP) is 5.26. The van der Waals surface area contributed by atoms with Crippen LogP contribution in [0.3, 0.4) is 0 Å². The summed E-state index contributed by atoms with van der Waals surface area (Å²) in [6.07, 6.45) is 0. The molecule has 6 heteroatoms. The summed E-state index contributed by atoms with van der Waals surface area (Å²) in [6.45, 7) is 2.62. The number of aryl methyl sites for hydroxylation is 1. The summed E-state index contributed by atoms with van der Waals surface area (Å²) in [5, 5.41) is 1.80. The molecule has 0 radical (unpaired) electrons. The summed E-state index contributed by atoms with van der Waals surface area (Å²) in [6, 6.07) is 20.0. The van der Waals surface area contributed by atoms with E-state index in [2.05, 4.69) is 34.2 Å². The molecular formula is C21H22N2O2S2. The highest BCUT2D eigenvalue weighted by Gasteiger charge is 2.05. The first kappa shape index (κ1) is 19.6. The fraction of sp³-hybridized carbons (Fsp3) is 0.238. The monoisotopic (exact) mass is 398 g/mol. The van der Waals surface area contributed by atoms with Gasteiger partial charge in [0.1, 0.15) is 16.5 Å². The predicted molar refractivity (Wildman–Crippen MR) is 112 cm³/mol. The Labute approximate surface area is 168 Å². The number of aromatic nitrogens is 2. The highest BCUT2D eigenvalue weighted by Crippen LogP contribution is 2.24. The molecule has 0 fully saturated rings. The Kier molecular flexibility index (Phi) is 7.42. The van der Waals surface area contributed by atoms with E-state index in [0.717, 1.165) is 38.9 Å². The molecule has 0 atom stereocenters. The van der Waals surface area contributed by atoms with E-state index >= 15 is 0 Å². The van der Waals surface area contributed by atoms with E-state index in [9.17, 15) is 0 Å². The van der Waals surface area contributed by atoms with Crippen LogP contribution in [0.25, 0.3) is 0 Å². The van der Waals surface area contributed by atoms with Gasteiger partial charge in [0.15, 0.2) is 5.16 Å². The van der Waals surface area contributed by atoms with Gasteiger partial charge >= 0.3 is 0 Å². The maximum absolute atomic E-state index is 5.77. The molecule has 0 unspecified atom stereocenters. The van der Waals surface area contributed by atoms with Gasteiger partial charge in [-0.2, -0.15) is 0 Å². The van der Waals surface area contributed by atoms with Gasteiger partial charge < -0.3 is 9.47 Å². The SMILES string of the molecule is COc1ccc(OCCSc2cc(C)nc(SCc3ccccc3)n2)cc1. The lowest BCUT2D eigenvalue weighted by Crippen LogP contribution is -2.01. The fourth-order valence-corrected chi connectivity index (χ4v) is 4.05. The summed E-state index contributed by atoms with van der Waals surface area (Å²) in [7, 11) is 1.66. The quantitative estimate of drug-likeness (QED) is 0.212. The first-order valence-corrected chi connectivity index (χ1v) is 10.6. The molecule has 0 aliphatic rings. The molecule has 4 nitrogen and oxygen atoms in total. The van der Waals surface area contributed by atoms with Crippen LogP contribution in [0.4, 0.5) is 0 Å². The Morgan fingerprint density at radius 2 is 1.63 bits per heavy atom. The van der Waals surface area contributed by atoms with Crippen molar-refractivity contribution < 1.29 is 9.47 Å². The number of hydrogen-bond donors (Lipinski definition) is 0. The Morgan fingerprint density at radius 3 is 2.37 bits per heavy atom. The first-order chi connectivity index (χ1) is 13.2. The molecule has 1 aromatic heterocycles. The van der Waals surface area contributed by atoms with Crippen LogP contribution in [-0.4, -0.2) is 29.4 Å². The number of nitrogens with zero attached hydrogens (tertiary/aromatic N) is 2. The number of hydrogen-bond acceptors (Lipinski definition) is 6. The molecule has 2 aromatic carbocycles. The zero-order chi connectivity index (χ0) is 18.9. The van der Waals surface area contributed by atoms with E-state index in [0.29, 0.717) is 6.61 Å². The van der Waals surface area contributed by atoms with Crippen LogP contribution >= 0.6 is 23.5 Å². The molecule has 3 rings (SSSR count). The number of benzene rings is 2. The van der Waals surface area contributed by atoms with Crippen LogP contribution in [-0.2, 0) is 5.75 Å². The molecule has 0 bridgehead atoms. The standard InChI is InChI=1S/C21H22N2O2S2/c1-16-14-20(23-21(22-16)27-15-17-6-4-3-5-7-17)26-13-12-25-19-10-8-18(24-2)9-11-19/h3-11,14H,12-13,15H2,1-2H3. The number of rotatable bonds is 9. The van der Waals surface area contributed by atoms with E-state index in [4.69, 9.17) is 9.47 Å². The lowest BCUT2D eigenvalue weighted by molar-refractivity contribution is 0.342. The summed E-state index contributed by atoms with van der Waals surface area (Å²) in [5.41, 5.74) is 2.26. The van der Waals surface area contributed by atoms with Crippen LogP contribution in [0, 0.1) is 6.92 Å². The number of methoxy groups -OCH3 is 1. The Balaban J connectivity index is 1.48. The van der Waals surface area contributed by atoms with Crippen LogP contribution in [0.15, 0.2) is 70.8 Å². The summed E-state index contributed by atoms with van der Waals surface area (Å²) in [4.78, 5) is 9.20. The van der Waals surface area contributed by atoms with Crippen LogP contribution in [0.1, 0.15) is 11.3 Å². The van der Waals surface area contributed by atoms with Gasteiger partial charge in [-0.3, -0.25) is 0 Å². The normalized spacial score (nSPS) is 10.6. The minimum Gasteiger partial charge on any atom is -0.497 e. The van der Waals surface area contributed by atoms with Crippen molar-refractivity contribution in [1.82, 2.24) is 9.97 Å². The Morgan fingerprint density at radius 1 is 0.889 bits per heavy atom. The topological polar surface area (TPSA) is 44.2 Å². The van der Waals surface area contributed by atoms with Gasteiger partial charge in [-0.15, -0.1) is 11.8 Å². The molecule has 0 aliphatic carbocycles. The second-order valence-electron chi connectivity index (χ2n) is 5.78. The van der Waals surface area contributed by atoms with Crippen molar-refractivity contribution in [3.8, 4) is 11.5 Å². The molecule has 0 saturated heterocycles. The first-order valence-electron chi connectivity index (χ1n) is 8.65. The van der Waals surface area contributed by atoms with E-state index in [1.54, 1.807) is 30.6 Å². The Bertz CT molecular complexity index is 843. The molecular weight excluding hydrogens is 376 g/mol. The van der Waals surface area contributed by atoms with E-state index in [1.165, 1.54) is 5.56 Å². The van der Waals surface area contributed by atoms with E-state index in [-0.39, 0.29) is 0 Å². The third kappa shape index (κ3) is 6.48. The molecule has 0 aliphatic heterocycles. The van der Waals surface area contributed by atoms with Gasteiger partial charge in [0, 0.05) is 17.2 Å². The average molecular weight is 399 g/mol. The van der Waals surface area contributed by atoms with Crippen molar-refractivity contribution in [2.45, 2.75) is 22.9 Å². The highest BCUT2D eigenvalue weighted by atomic mass is 32.2. The van der Waals surface area contributed by atoms with Gasteiger partial charge in [0.05, 0.1) is 13.7 Å². The van der Waals surface area contributed by atoms with Crippen LogP contribution in [0.2, 0.25) is 0 Å². The van der Waals surface area contributed by atoms with Crippen molar-refractivity contribution in [3.05, 3.63) is 71.9 Å². The molecule has 0 amide bonds. The molecule has 140 valence electrons. The summed E-state index contributed by atoms with van der Waals surface area (Å²) >= 11 is 3.35. The smallest absolute Gasteiger partial charge is 0.189 e. The van der Waals surface area contributed by atoms with E-state index < -0.39 is 0 Å². The van der Waals surface area contributed by atoms with Crippen molar-refractivity contribution in [3.63, 3.8) is 0 Å². The van der Waals surface area contributed by atoms with Crippen LogP contribution in [0.5, 0.6) is 11.5 Å². The van der Waals surface area contributed by atoms with Crippen molar-refractivity contribution in [2.24, 2.45) is 0 Å². The molecule has 1 heterocycles. The lowest BCUT2D eigenvalue weighted by Gasteiger charge is -2.08. The lowest BCUT2D eigenvalue weighted by atomic mass is 10.2. The minimum atomic E-state index is 0.618. The Hall–Kier alpha value is -2.18. The maximum Gasteiger partial charge on any atom is 0.189 e. The third-order valence-corrected chi connectivity index (χ3v) is 5.48. The summed E-state index contributed by atoms with van der Waals surface area (Å²) < 4.78 is 10.9. The van der Waals surface area contributed by atoms with E-state index in [1.807, 2.05) is 43.3 Å². The zero-order valence-corrected chi connectivity index (χ0v) is 17.1. The number of thioether (sulfide) groups is 2. The molecule has 0 N–H and O–H groups in total. The summed E-state index contributed by atoms with van der Waals surface area (Å²) in [5.74, 6) is 3.36. The highest BCUT2D eigenvalue weighted by molar-refractivity contribution is 7.99. The second kappa shape index (κ2) is 10.2. The van der Waals surface area contributed by atoms with Gasteiger partial charge in [0.25, 0.3) is 0 Å². The maximum atomic E-state index is 5.77. The number of ether oxygens (including phenoxy) is 2.